The second-order valence-corrected chi connectivity index (χ2v) is 14.6. The Bertz CT molecular complexity index is 3190. The van der Waals surface area contributed by atoms with Crippen molar-refractivity contribution in [3.8, 4) is 16.8 Å². The van der Waals surface area contributed by atoms with Crippen molar-refractivity contribution in [2.24, 2.45) is 0 Å². The molecule has 0 saturated carbocycles. The molecule has 2 aromatic heterocycles. The average Bonchev–Trinajstić information content (AvgIpc) is 3.84. The van der Waals surface area contributed by atoms with E-state index in [-0.39, 0.29) is 0 Å². The van der Waals surface area contributed by atoms with Crippen molar-refractivity contribution in [3.63, 3.8) is 0 Å². The summed E-state index contributed by atoms with van der Waals surface area (Å²) in [5, 5.41) is 4.44. The summed E-state index contributed by atoms with van der Waals surface area (Å²) in [6, 6.07) is 79.7. The highest BCUT2D eigenvalue weighted by Crippen LogP contribution is 2.45. The fraction of sp³-hybridized carbons (Fsp3) is 0. The maximum atomic E-state index is 6.78. The van der Waals surface area contributed by atoms with Gasteiger partial charge in [-0.1, -0.05) is 121 Å². The number of hydrogen-bond acceptors (Lipinski definition) is 3. The molecule has 9 aromatic carbocycles. The second-order valence-electron chi connectivity index (χ2n) is 14.6. The van der Waals surface area contributed by atoms with Crippen LogP contribution in [0.1, 0.15) is 0 Å². The lowest BCUT2D eigenvalue weighted by Gasteiger charge is -2.27. The third-order valence-corrected chi connectivity index (χ3v) is 11.1. The minimum Gasteiger partial charge on any atom is -0.455 e. The van der Waals surface area contributed by atoms with E-state index in [0.29, 0.717) is 0 Å². The predicted octanol–water partition coefficient (Wildman–Crippen LogP) is 15.3. The molecule has 4 heteroatoms. The van der Waals surface area contributed by atoms with Gasteiger partial charge in [-0.3, -0.25) is 0 Å². The molecule has 0 aliphatic carbocycles. The molecule has 2 heterocycles. The van der Waals surface area contributed by atoms with Gasteiger partial charge in [0, 0.05) is 56.0 Å². The molecule has 0 amide bonds. The first-order valence-corrected chi connectivity index (χ1v) is 19.7. The molecule has 0 atom stereocenters. The predicted molar refractivity (Wildman–Crippen MR) is 243 cm³/mol. The summed E-state index contributed by atoms with van der Waals surface area (Å²) >= 11 is 0. The number of furan rings is 1. The topological polar surface area (TPSA) is 24.6 Å². The lowest BCUT2D eigenvalue weighted by Crippen LogP contribution is -2.10. The van der Waals surface area contributed by atoms with E-state index in [2.05, 4.69) is 233 Å². The molecule has 274 valence electrons. The highest BCUT2D eigenvalue weighted by atomic mass is 16.3. The molecule has 0 aliphatic rings. The molecule has 0 bridgehead atoms. The number of anilines is 6. The van der Waals surface area contributed by atoms with E-state index < -0.39 is 0 Å². The summed E-state index contributed by atoms with van der Waals surface area (Å²) in [5.41, 5.74) is 13.9. The third-order valence-electron chi connectivity index (χ3n) is 11.1. The van der Waals surface area contributed by atoms with Crippen LogP contribution in [-0.2, 0) is 0 Å². The van der Waals surface area contributed by atoms with E-state index in [1.165, 1.54) is 11.1 Å². The molecule has 0 N–H and O–H groups in total. The monoisotopic (exact) mass is 743 g/mol. The Morgan fingerprint density at radius 2 is 0.845 bits per heavy atom. The smallest absolute Gasteiger partial charge is 0.145 e. The van der Waals surface area contributed by atoms with Crippen LogP contribution < -0.4 is 9.80 Å². The number of fused-ring (bicyclic) bond motifs is 7. The average molecular weight is 744 g/mol. The van der Waals surface area contributed by atoms with E-state index in [4.69, 9.17) is 4.42 Å². The van der Waals surface area contributed by atoms with Crippen molar-refractivity contribution in [1.82, 2.24) is 4.57 Å². The van der Waals surface area contributed by atoms with Crippen LogP contribution in [0.2, 0.25) is 0 Å². The fourth-order valence-electron chi connectivity index (χ4n) is 8.54. The zero-order valence-corrected chi connectivity index (χ0v) is 31.6. The van der Waals surface area contributed by atoms with Crippen LogP contribution in [-0.4, -0.2) is 4.57 Å². The molecule has 11 rings (SSSR count). The highest BCUT2D eigenvalue weighted by molar-refractivity contribution is 6.24. The molecule has 0 radical (unpaired) electrons. The number of aromatic nitrogens is 1. The Labute approximate surface area is 336 Å². The van der Waals surface area contributed by atoms with Crippen molar-refractivity contribution in [2.75, 3.05) is 9.80 Å². The summed E-state index contributed by atoms with van der Waals surface area (Å²) in [6.07, 6.45) is 0. The van der Waals surface area contributed by atoms with E-state index in [0.717, 1.165) is 83.6 Å². The van der Waals surface area contributed by atoms with Crippen LogP contribution in [0.5, 0.6) is 0 Å². The highest BCUT2D eigenvalue weighted by Gasteiger charge is 2.22. The van der Waals surface area contributed by atoms with Gasteiger partial charge in [0.25, 0.3) is 0 Å². The number of benzene rings is 9. The summed E-state index contributed by atoms with van der Waals surface area (Å²) in [6.45, 7) is 0. The molecule has 0 saturated heterocycles. The quantitative estimate of drug-likeness (QED) is 0.155. The zero-order chi connectivity index (χ0) is 38.4. The molecule has 11 aromatic rings. The van der Waals surface area contributed by atoms with Gasteiger partial charge in [0.2, 0.25) is 0 Å². The van der Waals surface area contributed by atoms with Gasteiger partial charge in [-0.15, -0.1) is 0 Å². The molecule has 0 spiro atoms. The molecule has 4 nitrogen and oxygen atoms in total. The van der Waals surface area contributed by atoms with Crippen LogP contribution in [0.15, 0.2) is 229 Å². The standard InChI is InChI=1S/C54H37N3O/c1-5-17-38(18-6-1)39-19-15-26-43(35-39)56(42-24-11-4-12-25-42)44-27-16-28-45(36-44)57-50-33-31-46(55(40-20-7-2-8-21-40)41-22-9-3-10-23-41)37-49(50)53-51(57)34-32-48-47-29-13-14-30-52(47)58-54(48)53/h1-37H. The van der Waals surface area contributed by atoms with Crippen LogP contribution in [0.25, 0.3) is 60.6 Å². The van der Waals surface area contributed by atoms with Crippen LogP contribution in [0.3, 0.4) is 0 Å². The van der Waals surface area contributed by atoms with E-state index in [9.17, 15) is 0 Å². The van der Waals surface area contributed by atoms with Gasteiger partial charge in [-0.2, -0.15) is 0 Å². The molecular weight excluding hydrogens is 707 g/mol. The molecule has 0 unspecified atom stereocenters. The van der Waals surface area contributed by atoms with Crippen molar-refractivity contribution >= 4 is 77.9 Å². The number of nitrogens with zero attached hydrogens (tertiary/aromatic N) is 3. The minimum absolute atomic E-state index is 0.885. The van der Waals surface area contributed by atoms with Crippen LogP contribution in [0.4, 0.5) is 34.1 Å². The SMILES string of the molecule is c1ccc(-c2cccc(N(c3ccccc3)c3cccc(-n4c5ccc(N(c6ccccc6)c6ccccc6)cc5c5c6oc7ccccc7c6ccc54)c3)c2)cc1. The van der Waals surface area contributed by atoms with Gasteiger partial charge < -0.3 is 18.8 Å². The van der Waals surface area contributed by atoms with E-state index in [1.54, 1.807) is 0 Å². The van der Waals surface area contributed by atoms with E-state index >= 15 is 0 Å². The fourth-order valence-corrected chi connectivity index (χ4v) is 8.54. The van der Waals surface area contributed by atoms with Gasteiger partial charge in [-0.25, -0.2) is 0 Å². The number of para-hydroxylation sites is 4. The lowest BCUT2D eigenvalue weighted by molar-refractivity contribution is 0.673. The van der Waals surface area contributed by atoms with Crippen molar-refractivity contribution in [1.29, 1.82) is 0 Å². The van der Waals surface area contributed by atoms with Gasteiger partial charge in [-0.05, 0) is 114 Å². The first-order chi connectivity index (χ1) is 28.8. The Kier molecular flexibility index (Phi) is 8.11. The van der Waals surface area contributed by atoms with Gasteiger partial charge in [0.15, 0.2) is 0 Å². The van der Waals surface area contributed by atoms with Gasteiger partial charge in [0.1, 0.15) is 11.2 Å². The van der Waals surface area contributed by atoms with Crippen LogP contribution >= 0.6 is 0 Å². The number of hydrogen-bond donors (Lipinski definition) is 0. The van der Waals surface area contributed by atoms with Crippen LogP contribution in [0, 0.1) is 0 Å². The lowest BCUT2D eigenvalue weighted by atomic mass is 10.0. The Morgan fingerprint density at radius 1 is 0.328 bits per heavy atom. The maximum Gasteiger partial charge on any atom is 0.145 e. The summed E-state index contributed by atoms with van der Waals surface area (Å²) < 4.78 is 9.18. The van der Waals surface area contributed by atoms with Crippen molar-refractivity contribution in [2.45, 2.75) is 0 Å². The first kappa shape index (κ1) is 33.5. The minimum atomic E-state index is 0.885. The van der Waals surface area contributed by atoms with Gasteiger partial charge >= 0.3 is 0 Å². The molecule has 58 heavy (non-hydrogen) atoms. The Balaban J connectivity index is 1.15. The van der Waals surface area contributed by atoms with Crippen molar-refractivity contribution < 1.29 is 4.42 Å². The Hall–Kier alpha value is -7.82. The molecule has 0 aliphatic heterocycles. The second kappa shape index (κ2) is 14.0. The zero-order valence-electron chi connectivity index (χ0n) is 31.6. The molecule has 0 fully saturated rings. The summed E-state index contributed by atoms with van der Waals surface area (Å²) in [7, 11) is 0. The maximum absolute atomic E-state index is 6.78. The Morgan fingerprint density at radius 3 is 1.53 bits per heavy atom. The molecular formula is C54H37N3O. The van der Waals surface area contributed by atoms with Crippen molar-refractivity contribution in [3.05, 3.63) is 224 Å². The normalized spacial score (nSPS) is 11.4. The largest absolute Gasteiger partial charge is 0.455 e. The van der Waals surface area contributed by atoms with Gasteiger partial charge in [0.05, 0.1) is 16.4 Å². The summed E-state index contributed by atoms with van der Waals surface area (Å²) in [5.74, 6) is 0. The number of rotatable bonds is 8. The summed E-state index contributed by atoms with van der Waals surface area (Å²) in [4.78, 5) is 4.67. The van der Waals surface area contributed by atoms with E-state index in [1.807, 2.05) is 6.07 Å². The third kappa shape index (κ3) is 5.70. The first-order valence-electron chi connectivity index (χ1n) is 19.7.